The maximum atomic E-state index is 5.37. The number of hydrogen-bond acceptors (Lipinski definition) is 3. The van der Waals surface area contributed by atoms with Crippen LogP contribution in [0.25, 0.3) is 0 Å². The maximum Gasteiger partial charge on any atom is 0.122 e. The van der Waals surface area contributed by atoms with Gasteiger partial charge in [0.2, 0.25) is 0 Å². The van der Waals surface area contributed by atoms with Gasteiger partial charge in [0.15, 0.2) is 0 Å². The molecule has 0 amide bonds. The Morgan fingerprint density at radius 1 is 1.18 bits per heavy atom. The van der Waals surface area contributed by atoms with Gasteiger partial charge in [-0.1, -0.05) is 6.92 Å². The van der Waals surface area contributed by atoms with Crippen LogP contribution in [0.1, 0.15) is 18.4 Å². The normalized spacial score (nSPS) is 11.9. The number of nitrogens with zero attached hydrogens (tertiary/aromatic N) is 1. The highest BCUT2D eigenvalue weighted by Gasteiger charge is 2.13. The predicted molar refractivity (Wildman–Crippen MR) is 73.8 cm³/mol. The molecule has 17 heavy (non-hydrogen) atoms. The molecule has 1 unspecified atom stereocenters. The van der Waals surface area contributed by atoms with E-state index < -0.39 is 0 Å². The van der Waals surface area contributed by atoms with E-state index in [2.05, 4.69) is 25.9 Å². The zero-order chi connectivity index (χ0) is 12.1. The highest BCUT2D eigenvalue weighted by molar-refractivity contribution is 5.85. The summed E-state index contributed by atoms with van der Waals surface area (Å²) in [5.41, 5.74) is 1.19. The van der Waals surface area contributed by atoms with E-state index in [-0.39, 0.29) is 12.4 Å². The summed E-state index contributed by atoms with van der Waals surface area (Å²) in [6, 6.07) is 5.93. The quantitative estimate of drug-likeness (QED) is 0.812. The molecule has 1 aromatic rings. The second-order valence-corrected chi connectivity index (χ2v) is 4.27. The SMILES string of the molecule is COc1ccc(OC)c(C(C)CN(C)C)c1.Cl. The molecule has 1 aromatic carbocycles. The van der Waals surface area contributed by atoms with Crippen LogP contribution >= 0.6 is 12.4 Å². The first-order valence-corrected chi connectivity index (χ1v) is 5.45. The summed E-state index contributed by atoms with van der Waals surface area (Å²) < 4.78 is 10.6. The van der Waals surface area contributed by atoms with Crippen LogP contribution in [0.3, 0.4) is 0 Å². The van der Waals surface area contributed by atoms with Gasteiger partial charge in [-0.3, -0.25) is 0 Å². The van der Waals surface area contributed by atoms with Gasteiger partial charge in [-0.05, 0) is 38.2 Å². The van der Waals surface area contributed by atoms with E-state index in [0.717, 1.165) is 18.0 Å². The smallest absolute Gasteiger partial charge is 0.122 e. The Morgan fingerprint density at radius 2 is 1.82 bits per heavy atom. The van der Waals surface area contributed by atoms with Crippen molar-refractivity contribution < 1.29 is 9.47 Å². The largest absolute Gasteiger partial charge is 0.497 e. The number of methoxy groups -OCH3 is 2. The lowest BCUT2D eigenvalue weighted by Crippen LogP contribution is -2.18. The van der Waals surface area contributed by atoms with Crippen molar-refractivity contribution in [2.45, 2.75) is 12.8 Å². The molecule has 0 N–H and O–H groups in total. The Labute approximate surface area is 110 Å². The molecule has 0 heterocycles. The molecule has 0 aliphatic heterocycles. The zero-order valence-electron chi connectivity index (χ0n) is 11.2. The second-order valence-electron chi connectivity index (χ2n) is 4.27. The Balaban J connectivity index is 0.00000256. The van der Waals surface area contributed by atoms with Crippen molar-refractivity contribution >= 4 is 12.4 Å². The van der Waals surface area contributed by atoms with Gasteiger partial charge in [0.1, 0.15) is 11.5 Å². The first-order chi connectivity index (χ1) is 7.58. The third-order valence-electron chi connectivity index (χ3n) is 2.61. The molecule has 0 aromatic heterocycles. The summed E-state index contributed by atoms with van der Waals surface area (Å²) in [6.07, 6.45) is 0. The monoisotopic (exact) mass is 259 g/mol. The zero-order valence-corrected chi connectivity index (χ0v) is 12.0. The summed E-state index contributed by atoms with van der Waals surface area (Å²) in [4.78, 5) is 2.17. The van der Waals surface area contributed by atoms with Gasteiger partial charge in [0.05, 0.1) is 14.2 Å². The van der Waals surface area contributed by atoms with E-state index in [1.807, 2.05) is 18.2 Å². The van der Waals surface area contributed by atoms with Crippen LogP contribution < -0.4 is 9.47 Å². The topological polar surface area (TPSA) is 21.7 Å². The van der Waals surface area contributed by atoms with E-state index in [4.69, 9.17) is 9.47 Å². The van der Waals surface area contributed by atoms with Crippen molar-refractivity contribution in [2.75, 3.05) is 34.9 Å². The predicted octanol–water partition coefficient (Wildman–Crippen LogP) is 2.79. The lowest BCUT2D eigenvalue weighted by molar-refractivity contribution is 0.364. The molecule has 0 radical (unpaired) electrons. The first-order valence-electron chi connectivity index (χ1n) is 5.45. The van der Waals surface area contributed by atoms with Crippen molar-refractivity contribution in [2.24, 2.45) is 0 Å². The van der Waals surface area contributed by atoms with Crippen molar-refractivity contribution in [3.63, 3.8) is 0 Å². The van der Waals surface area contributed by atoms with Gasteiger partial charge in [-0.25, -0.2) is 0 Å². The molecular weight excluding hydrogens is 238 g/mol. The molecule has 4 heteroatoms. The van der Waals surface area contributed by atoms with Crippen LogP contribution in [-0.4, -0.2) is 39.8 Å². The summed E-state index contributed by atoms with van der Waals surface area (Å²) in [5.74, 6) is 2.22. The Hall–Kier alpha value is -0.930. The average molecular weight is 260 g/mol. The molecule has 0 spiro atoms. The molecule has 1 rings (SSSR count). The van der Waals surface area contributed by atoms with Crippen LogP contribution in [0, 0.1) is 0 Å². The van der Waals surface area contributed by atoms with Crippen molar-refractivity contribution in [1.82, 2.24) is 4.90 Å². The first kappa shape index (κ1) is 16.1. The molecule has 0 saturated carbocycles. The molecule has 0 aliphatic carbocycles. The minimum Gasteiger partial charge on any atom is -0.497 e. The Bertz CT molecular complexity index is 342. The molecule has 0 aliphatic rings. The van der Waals surface area contributed by atoms with E-state index in [1.165, 1.54) is 5.56 Å². The van der Waals surface area contributed by atoms with Crippen LogP contribution in [0.4, 0.5) is 0 Å². The fourth-order valence-corrected chi connectivity index (χ4v) is 1.87. The average Bonchev–Trinajstić information content (AvgIpc) is 2.27. The Morgan fingerprint density at radius 3 is 2.29 bits per heavy atom. The highest BCUT2D eigenvalue weighted by atomic mass is 35.5. The summed E-state index contributed by atoms with van der Waals surface area (Å²) in [5, 5.41) is 0. The van der Waals surface area contributed by atoms with Crippen molar-refractivity contribution in [3.8, 4) is 11.5 Å². The lowest BCUT2D eigenvalue weighted by atomic mass is 9.99. The van der Waals surface area contributed by atoms with Crippen LogP contribution in [0.5, 0.6) is 11.5 Å². The summed E-state index contributed by atoms with van der Waals surface area (Å²) in [6.45, 7) is 3.18. The number of halogens is 1. The summed E-state index contributed by atoms with van der Waals surface area (Å²) in [7, 11) is 7.53. The van der Waals surface area contributed by atoms with E-state index in [0.29, 0.717) is 5.92 Å². The maximum absolute atomic E-state index is 5.37. The molecule has 0 bridgehead atoms. The van der Waals surface area contributed by atoms with Crippen LogP contribution in [0.2, 0.25) is 0 Å². The number of hydrogen-bond donors (Lipinski definition) is 0. The molecule has 0 saturated heterocycles. The second kappa shape index (κ2) is 7.41. The number of ether oxygens (including phenoxy) is 2. The Kier molecular flexibility index (Phi) is 7.00. The third-order valence-corrected chi connectivity index (χ3v) is 2.61. The van der Waals surface area contributed by atoms with Gasteiger partial charge in [0, 0.05) is 12.1 Å². The third kappa shape index (κ3) is 4.44. The van der Waals surface area contributed by atoms with Gasteiger partial charge < -0.3 is 14.4 Å². The molecule has 98 valence electrons. The fraction of sp³-hybridized carbons (Fsp3) is 0.538. The van der Waals surface area contributed by atoms with Gasteiger partial charge in [-0.2, -0.15) is 0 Å². The van der Waals surface area contributed by atoms with Crippen molar-refractivity contribution in [3.05, 3.63) is 23.8 Å². The molecule has 1 atom stereocenters. The number of likely N-dealkylation sites (N-methyl/N-ethyl adjacent to an activating group) is 1. The van der Waals surface area contributed by atoms with Crippen LogP contribution in [0.15, 0.2) is 18.2 Å². The number of benzene rings is 1. The standard InChI is InChI=1S/C13H21NO2.ClH/c1-10(9-14(2)3)12-8-11(15-4)6-7-13(12)16-5;/h6-8,10H,9H2,1-5H3;1H. The minimum atomic E-state index is 0. The fourth-order valence-electron chi connectivity index (χ4n) is 1.87. The van der Waals surface area contributed by atoms with Gasteiger partial charge >= 0.3 is 0 Å². The van der Waals surface area contributed by atoms with Crippen LogP contribution in [-0.2, 0) is 0 Å². The van der Waals surface area contributed by atoms with E-state index in [1.54, 1.807) is 14.2 Å². The summed E-state index contributed by atoms with van der Waals surface area (Å²) >= 11 is 0. The molecular formula is C13H22ClNO2. The highest BCUT2D eigenvalue weighted by Crippen LogP contribution is 2.30. The van der Waals surface area contributed by atoms with Gasteiger partial charge in [0.25, 0.3) is 0 Å². The number of rotatable bonds is 5. The van der Waals surface area contributed by atoms with Crippen molar-refractivity contribution in [1.29, 1.82) is 0 Å². The molecule has 3 nitrogen and oxygen atoms in total. The molecule has 0 fully saturated rings. The minimum absolute atomic E-state index is 0. The van der Waals surface area contributed by atoms with E-state index in [9.17, 15) is 0 Å². The lowest BCUT2D eigenvalue weighted by Gasteiger charge is -2.20. The van der Waals surface area contributed by atoms with Gasteiger partial charge in [-0.15, -0.1) is 12.4 Å². The van der Waals surface area contributed by atoms with E-state index >= 15 is 0 Å².